The van der Waals surface area contributed by atoms with Gasteiger partial charge in [-0.05, 0) is 31.6 Å². The van der Waals surface area contributed by atoms with Crippen LogP contribution >= 0.6 is 0 Å². The second-order valence-corrected chi connectivity index (χ2v) is 4.75. The first-order valence-corrected chi connectivity index (χ1v) is 5.58. The third-order valence-corrected chi connectivity index (χ3v) is 3.93. The zero-order chi connectivity index (χ0) is 11.1. The molecule has 0 aliphatic heterocycles. The number of aliphatic hydroxyl groups is 1. The van der Waals surface area contributed by atoms with Crippen LogP contribution in [0.3, 0.4) is 0 Å². The van der Waals surface area contributed by atoms with Crippen LogP contribution in [-0.2, 0) is 9.53 Å². The Kier molecular flexibility index (Phi) is 2.59. The van der Waals surface area contributed by atoms with Crippen LogP contribution in [0.5, 0.6) is 0 Å². The Morgan fingerprint density at radius 1 is 1.67 bits per heavy atom. The highest BCUT2D eigenvalue weighted by molar-refractivity contribution is 5.66. The molecule has 0 heterocycles. The van der Waals surface area contributed by atoms with Crippen molar-refractivity contribution in [1.82, 2.24) is 0 Å². The second kappa shape index (κ2) is 3.63. The molecule has 2 saturated carbocycles. The molecule has 3 nitrogen and oxygen atoms in total. The van der Waals surface area contributed by atoms with Gasteiger partial charge in [-0.1, -0.05) is 6.08 Å². The number of carbonyl (C=O) groups excluding carboxylic acids is 1. The summed E-state index contributed by atoms with van der Waals surface area (Å²) in [6.07, 6.45) is 5.13. The van der Waals surface area contributed by atoms with Crippen molar-refractivity contribution in [2.45, 2.75) is 44.3 Å². The fraction of sp³-hybridized carbons (Fsp3) is 0.750. The van der Waals surface area contributed by atoms with Gasteiger partial charge in [0, 0.05) is 12.8 Å². The first-order chi connectivity index (χ1) is 7.08. The van der Waals surface area contributed by atoms with E-state index in [4.69, 9.17) is 4.74 Å². The highest BCUT2D eigenvalue weighted by Crippen LogP contribution is 2.54. The van der Waals surface area contributed by atoms with Gasteiger partial charge < -0.3 is 9.84 Å². The summed E-state index contributed by atoms with van der Waals surface area (Å²) in [6, 6.07) is 0. The van der Waals surface area contributed by atoms with Gasteiger partial charge in [0.15, 0.2) is 0 Å². The van der Waals surface area contributed by atoms with Crippen molar-refractivity contribution < 1.29 is 14.6 Å². The zero-order valence-electron chi connectivity index (χ0n) is 9.11. The van der Waals surface area contributed by atoms with Crippen LogP contribution in [-0.4, -0.2) is 22.8 Å². The Bertz CT molecular complexity index is 287. The molecule has 15 heavy (non-hydrogen) atoms. The van der Waals surface area contributed by atoms with E-state index in [1.54, 1.807) is 6.08 Å². The van der Waals surface area contributed by atoms with Gasteiger partial charge in [-0.3, -0.25) is 4.79 Å². The first-order valence-electron chi connectivity index (χ1n) is 5.58. The molecule has 0 spiro atoms. The van der Waals surface area contributed by atoms with Gasteiger partial charge in [0.05, 0.1) is 5.60 Å². The maximum Gasteiger partial charge on any atom is 0.302 e. The molecule has 0 aromatic carbocycles. The summed E-state index contributed by atoms with van der Waals surface area (Å²) in [5.74, 6) is 0.155. The molecule has 2 aliphatic rings. The minimum atomic E-state index is -0.665. The SMILES string of the molecule is C=CC[C@]1(O)[C@@H]2CC[C@H]1[C@@H](OC(C)=O)C2. The summed E-state index contributed by atoms with van der Waals surface area (Å²) in [6.45, 7) is 5.11. The van der Waals surface area contributed by atoms with E-state index in [0.29, 0.717) is 6.42 Å². The molecular formula is C12H18O3. The standard InChI is InChI=1S/C12H18O3/c1-3-6-12(14)9-4-5-10(12)11(7-9)15-8(2)13/h3,9-11,14H,1,4-7H2,2H3/t9-,10+,11+,12+/m1/s1. The van der Waals surface area contributed by atoms with Crippen molar-refractivity contribution in [2.24, 2.45) is 11.8 Å². The zero-order valence-corrected chi connectivity index (χ0v) is 9.11. The van der Waals surface area contributed by atoms with E-state index >= 15 is 0 Å². The van der Waals surface area contributed by atoms with Gasteiger partial charge in [-0.15, -0.1) is 6.58 Å². The summed E-state index contributed by atoms with van der Waals surface area (Å²) in [7, 11) is 0. The third kappa shape index (κ3) is 1.59. The van der Waals surface area contributed by atoms with Crippen molar-refractivity contribution in [3.05, 3.63) is 12.7 Å². The second-order valence-electron chi connectivity index (χ2n) is 4.75. The predicted molar refractivity (Wildman–Crippen MR) is 56.1 cm³/mol. The van der Waals surface area contributed by atoms with Crippen molar-refractivity contribution in [1.29, 1.82) is 0 Å². The third-order valence-electron chi connectivity index (χ3n) is 3.93. The summed E-state index contributed by atoms with van der Waals surface area (Å²) >= 11 is 0. The van der Waals surface area contributed by atoms with Crippen molar-refractivity contribution in [3.8, 4) is 0 Å². The van der Waals surface area contributed by atoms with E-state index in [9.17, 15) is 9.90 Å². The lowest BCUT2D eigenvalue weighted by molar-refractivity contribution is -0.150. The Hall–Kier alpha value is -0.830. The van der Waals surface area contributed by atoms with Gasteiger partial charge in [0.25, 0.3) is 0 Å². The lowest BCUT2D eigenvalue weighted by Gasteiger charge is -2.28. The van der Waals surface area contributed by atoms with Gasteiger partial charge in [0.2, 0.25) is 0 Å². The minimum Gasteiger partial charge on any atom is -0.462 e. The number of hydrogen-bond acceptors (Lipinski definition) is 3. The quantitative estimate of drug-likeness (QED) is 0.569. The van der Waals surface area contributed by atoms with Crippen molar-refractivity contribution in [2.75, 3.05) is 0 Å². The van der Waals surface area contributed by atoms with Crippen molar-refractivity contribution in [3.63, 3.8) is 0 Å². The van der Waals surface area contributed by atoms with E-state index in [0.717, 1.165) is 19.3 Å². The lowest BCUT2D eigenvalue weighted by atomic mass is 9.88. The Labute approximate surface area is 90.1 Å². The van der Waals surface area contributed by atoms with Crippen LogP contribution in [0.15, 0.2) is 12.7 Å². The van der Waals surface area contributed by atoms with Crippen LogP contribution in [0.1, 0.15) is 32.6 Å². The molecule has 0 saturated heterocycles. The number of carbonyl (C=O) groups is 1. The van der Waals surface area contributed by atoms with E-state index in [2.05, 4.69) is 6.58 Å². The topological polar surface area (TPSA) is 46.5 Å². The average Bonchev–Trinajstić information content (AvgIpc) is 2.56. The van der Waals surface area contributed by atoms with Gasteiger partial charge in [0.1, 0.15) is 6.10 Å². The number of rotatable bonds is 3. The van der Waals surface area contributed by atoms with Gasteiger partial charge >= 0.3 is 5.97 Å². The Morgan fingerprint density at radius 2 is 2.40 bits per heavy atom. The molecule has 0 amide bonds. The molecule has 4 atom stereocenters. The lowest BCUT2D eigenvalue weighted by Crippen LogP contribution is -2.36. The smallest absolute Gasteiger partial charge is 0.302 e. The van der Waals surface area contributed by atoms with Crippen LogP contribution < -0.4 is 0 Å². The van der Waals surface area contributed by atoms with E-state index in [-0.39, 0.29) is 23.9 Å². The molecule has 2 rings (SSSR count). The molecule has 0 aromatic heterocycles. The van der Waals surface area contributed by atoms with Crippen LogP contribution in [0.4, 0.5) is 0 Å². The maximum absolute atomic E-state index is 10.9. The Morgan fingerprint density at radius 3 is 3.00 bits per heavy atom. The van der Waals surface area contributed by atoms with E-state index in [1.807, 2.05) is 0 Å². The molecule has 0 radical (unpaired) electrons. The fourth-order valence-corrected chi connectivity index (χ4v) is 3.35. The average molecular weight is 210 g/mol. The number of fused-ring (bicyclic) bond motifs is 2. The monoisotopic (exact) mass is 210 g/mol. The molecular weight excluding hydrogens is 192 g/mol. The Balaban J connectivity index is 2.12. The van der Waals surface area contributed by atoms with E-state index < -0.39 is 5.60 Å². The molecule has 2 aliphatic carbocycles. The molecule has 0 unspecified atom stereocenters. The van der Waals surface area contributed by atoms with E-state index in [1.165, 1.54) is 6.92 Å². The normalized spacial score (nSPS) is 42.9. The van der Waals surface area contributed by atoms with Crippen LogP contribution in [0.25, 0.3) is 0 Å². The summed E-state index contributed by atoms with van der Waals surface area (Å²) in [5.41, 5.74) is -0.665. The largest absolute Gasteiger partial charge is 0.462 e. The number of hydrogen-bond donors (Lipinski definition) is 1. The molecule has 2 fully saturated rings. The highest BCUT2D eigenvalue weighted by Gasteiger charge is 2.58. The first kappa shape index (κ1) is 10.7. The van der Waals surface area contributed by atoms with Crippen LogP contribution in [0, 0.1) is 11.8 Å². The number of esters is 1. The summed E-state index contributed by atoms with van der Waals surface area (Å²) < 4.78 is 5.25. The fourth-order valence-electron chi connectivity index (χ4n) is 3.35. The minimum absolute atomic E-state index is 0.0776. The van der Waals surface area contributed by atoms with Crippen LogP contribution in [0.2, 0.25) is 0 Å². The highest BCUT2D eigenvalue weighted by atomic mass is 16.5. The van der Waals surface area contributed by atoms with Gasteiger partial charge in [-0.2, -0.15) is 0 Å². The molecule has 1 N–H and O–H groups in total. The molecule has 84 valence electrons. The summed E-state index contributed by atoms with van der Waals surface area (Å²) in [4.78, 5) is 10.9. The van der Waals surface area contributed by atoms with Gasteiger partial charge in [-0.25, -0.2) is 0 Å². The maximum atomic E-state index is 10.9. The van der Waals surface area contributed by atoms with Crippen molar-refractivity contribution >= 4 is 5.97 Å². The molecule has 2 bridgehead atoms. The number of ether oxygens (including phenoxy) is 1. The predicted octanol–water partition coefficient (Wildman–Crippen LogP) is 1.66. The molecule has 3 heteroatoms. The molecule has 0 aromatic rings. The summed E-state index contributed by atoms with van der Waals surface area (Å²) in [5, 5.41) is 10.5.